The van der Waals surface area contributed by atoms with Crippen LogP contribution in [0.15, 0.2) is 24.3 Å². The van der Waals surface area contributed by atoms with Crippen LogP contribution in [0.4, 0.5) is 0 Å². The molecule has 70 valence electrons. The van der Waals surface area contributed by atoms with Crippen LogP contribution >= 0.6 is 11.6 Å². The lowest BCUT2D eigenvalue weighted by Crippen LogP contribution is -2.23. The van der Waals surface area contributed by atoms with Crippen molar-refractivity contribution in [1.29, 1.82) is 0 Å². The SMILES string of the molecule is CC(=O)N[C@@H](C)c1cccc(Cl)c1. The molecule has 0 aromatic heterocycles. The van der Waals surface area contributed by atoms with E-state index in [1.165, 1.54) is 6.92 Å². The largest absolute Gasteiger partial charge is 0.350 e. The molecule has 0 spiro atoms. The topological polar surface area (TPSA) is 29.1 Å². The van der Waals surface area contributed by atoms with Gasteiger partial charge in [0.2, 0.25) is 5.91 Å². The van der Waals surface area contributed by atoms with Gasteiger partial charge < -0.3 is 5.32 Å². The molecule has 1 amide bonds. The molecule has 0 aliphatic heterocycles. The van der Waals surface area contributed by atoms with Gasteiger partial charge in [-0.15, -0.1) is 0 Å². The number of carbonyl (C=O) groups is 1. The van der Waals surface area contributed by atoms with Crippen LogP contribution in [0.1, 0.15) is 25.5 Å². The van der Waals surface area contributed by atoms with E-state index >= 15 is 0 Å². The van der Waals surface area contributed by atoms with Crippen molar-refractivity contribution in [3.05, 3.63) is 34.9 Å². The van der Waals surface area contributed by atoms with Crippen LogP contribution in [0.2, 0.25) is 5.02 Å². The molecule has 3 heteroatoms. The second-order valence-electron chi connectivity index (χ2n) is 2.98. The van der Waals surface area contributed by atoms with Crippen LogP contribution < -0.4 is 5.32 Å². The summed E-state index contributed by atoms with van der Waals surface area (Å²) in [6, 6.07) is 7.48. The highest BCUT2D eigenvalue weighted by Crippen LogP contribution is 2.16. The molecule has 0 radical (unpaired) electrons. The number of halogens is 1. The first-order valence-electron chi connectivity index (χ1n) is 4.12. The summed E-state index contributed by atoms with van der Waals surface area (Å²) in [5.74, 6) is -0.0347. The fourth-order valence-corrected chi connectivity index (χ4v) is 1.36. The molecule has 0 saturated carbocycles. The number of nitrogens with one attached hydrogen (secondary N) is 1. The molecule has 1 aromatic rings. The summed E-state index contributed by atoms with van der Waals surface area (Å²) in [4.78, 5) is 10.8. The Morgan fingerprint density at radius 2 is 2.23 bits per heavy atom. The molecule has 0 aliphatic carbocycles. The fourth-order valence-electron chi connectivity index (χ4n) is 1.16. The zero-order valence-corrected chi connectivity index (χ0v) is 8.43. The minimum atomic E-state index is -0.0347. The van der Waals surface area contributed by atoms with Gasteiger partial charge in [0.1, 0.15) is 0 Å². The van der Waals surface area contributed by atoms with E-state index in [9.17, 15) is 4.79 Å². The van der Waals surface area contributed by atoms with Gasteiger partial charge >= 0.3 is 0 Å². The first kappa shape index (κ1) is 10.1. The Kier molecular flexibility index (Phi) is 3.32. The minimum Gasteiger partial charge on any atom is -0.350 e. The maximum absolute atomic E-state index is 10.8. The van der Waals surface area contributed by atoms with Crippen LogP contribution in [0.25, 0.3) is 0 Å². The van der Waals surface area contributed by atoms with Gasteiger partial charge in [-0.3, -0.25) is 4.79 Å². The van der Waals surface area contributed by atoms with Gasteiger partial charge in [-0.25, -0.2) is 0 Å². The first-order valence-corrected chi connectivity index (χ1v) is 4.50. The van der Waals surface area contributed by atoms with E-state index in [1.54, 1.807) is 0 Å². The highest BCUT2D eigenvalue weighted by atomic mass is 35.5. The van der Waals surface area contributed by atoms with E-state index in [1.807, 2.05) is 31.2 Å². The van der Waals surface area contributed by atoms with Crippen LogP contribution in [-0.4, -0.2) is 5.91 Å². The molecular formula is C10H12ClNO. The van der Waals surface area contributed by atoms with Gasteiger partial charge in [-0.1, -0.05) is 23.7 Å². The highest BCUT2D eigenvalue weighted by Gasteiger charge is 2.05. The standard InChI is InChI=1S/C10H12ClNO/c1-7(12-8(2)13)9-4-3-5-10(11)6-9/h3-7H,1-2H3,(H,12,13)/t7-/m0/s1. The zero-order valence-electron chi connectivity index (χ0n) is 7.67. The average molecular weight is 198 g/mol. The van der Waals surface area contributed by atoms with Crippen molar-refractivity contribution < 1.29 is 4.79 Å². The van der Waals surface area contributed by atoms with Crippen molar-refractivity contribution in [2.24, 2.45) is 0 Å². The molecule has 2 nitrogen and oxygen atoms in total. The maximum atomic E-state index is 10.8. The summed E-state index contributed by atoms with van der Waals surface area (Å²) in [5.41, 5.74) is 1.02. The Morgan fingerprint density at radius 3 is 2.77 bits per heavy atom. The number of benzene rings is 1. The van der Waals surface area contributed by atoms with Crippen LogP contribution in [0.3, 0.4) is 0 Å². The van der Waals surface area contributed by atoms with Gasteiger partial charge in [0.25, 0.3) is 0 Å². The molecule has 13 heavy (non-hydrogen) atoms. The molecule has 1 rings (SSSR count). The number of rotatable bonds is 2. The predicted molar refractivity (Wildman–Crippen MR) is 53.7 cm³/mol. The Labute approximate surface area is 82.9 Å². The summed E-state index contributed by atoms with van der Waals surface area (Å²) in [7, 11) is 0. The second kappa shape index (κ2) is 4.28. The van der Waals surface area contributed by atoms with E-state index in [2.05, 4.69) is 5.32 Å². The third-order valence-corrected chi connectivity index (χ3v) is 2.00. The van der Waals surface area contributed by atoms with Gasteiger partial charge in [0.05, 0.1) is 6.04 Å². The Balaban J connectivity index is 2.76. The molecule has 0 unspecified atom stereocenters. The van der Waals surface area contributed by atoms with Crippen LogP contribution in [-0.2, 0) is 4.79 Å². The summed E-state index contributed by atoms with van der Waals surface area (Å²) in [6.07, 6.45) is 0. The Hall–Kier alpha value is -1.02. The molecule has 1 aromatic carbocycles. The third kappa shape index (κ3) is 3.07. The monoisotopic (exact) mass is 197 g/mol. The smallest absolute Gasteiger partial charge is 0.217 e. The fraction of sp³-hybridized carbons (Fsp3) is 0.300. The Morgan fingerprint density at radius 1 is 1.54 bits per heavy atom. The molecule has 1 N–H and O–H groups in total. The van der Waals surface area contributed by atoms with E-state index < -0.39 is 0 Å². The second-order valence-corrected chi connectivity index (χ2v) is 3.41. The quantitative estimate of drug-likeness (QED) is 0.776. The lowest BCUT2D eigenvalue weighted by molar-refractivity contribution is -0.119. The number of hydrogen-bond donors (Lipinski definition) is 1. The van der Waals surface area contributed by atoms with Crippen LogP contribution in [0, 0.1) is 0 Å². The summed E-state index contributed by atoms with van der Waals surface area (Å²) >= 11 is 5.81. The average Bonchev–Trinajstić information content (AvgIpc) is 2.03. The summed E-state index contributed by atoms with van der Waals surface area (Å²) in [5, 5.41) is 3.48. The lowest BCUT2D eigenvalue weighted by atomic mass is 10.1. The van der Waals surface area contributed by atoms with Gasteiger partial charge in [-0.05, 0) is 24.6 Å². The molecule has 0 bridgehead atoms. The normalized spacial score (nSPS) is 12.2. The molecule has 0 saturated heterocycles. The van der Waals surface area contributed by atoms with E-state index in [4.69, 9.17) is 11.6 Å². The van der Waals surface area contributed by atoms with Crippen molar-refractivity contribution in [2.75, 3.05) is 0 Å². The number of amides is 1. The molecule has 0 heterocycles. The zero-order chi connectivity index (χ0) is 9.84. The van der Waals surface area contributed by atoms with Gasteiger partial charge in [-0.2, -0.15) is 0 Å². The van der Waals surface area contributed by atoms with Crippen molar-refractivity contribution >= 4 is 17.5 Å². The van der Waals surface area contributed by atoms with E-state index in [0.29, 0.717) is 5.02 Å². The lowest BCUT2D eigenvalue weighted by Gasteiger charge is -2.12. The predicted octanol–water partition coefficient (Wildman–Crippen LogP) is 2.54. The number of carbonyl (C=O) groups excluding carboxylic acids is 1. The van der Waals surface area contributed by atoms with Crippen molar-refractivity contribution in [3.63, 3.8) is 0 Å². The third-order valence-electron chi connectivity index (χ3n) is 1.77. The summed E-state index contributed by atoms with van der Waals surface area (Å²) < 4.78 is 0. The molecule has 1 atom stereocenters. The van der Waals surface area contributed by atoms with Crippen LogP contribution in [0.5, 0.6) is 0 Å². The first-order chi connectivity index (χ1) is 6.09. The maximum Gasteiger partial charge on any atom is 0.217 e. The van der Waals surface area contributed by atoms with E-state index in [0.717, 1.165) is 5.56 Å². The summed E-state index contributed by atoms with van der Waals surface area (Å²) in [6.45, 7) is 3.42. The highest BCUT2D eigenvalue weighted by molar-refractivity contribution is 6.30. The minimum absolute atomic E-state index is 0.0104. The van der Waals surface area contributed by atoms with Gasteiger partial charge in [0, 0.05) is 11.9 Å². The van der Waals surface area contributed by atoms with Gasteiger partial charge in [0.15, 0.2) is 0 Å². The van der Waals surface area contributed by atoms with Crippen molar-refractivity contribution in [1.82, 2.24) is 5.32 Å². The van der Waals surface area contributed by atoms with Crippen molar-refractivity contribution in [3.8, 4) is 0 Å². The molecule has 0 aliphatic rings. The molecular weight excluding hydrogens is 186 g/mol. The number of hydrogen-bond acceptors (Lipinski definition) is 1. The van der Waals surface area contributed by atoms with Crippen molar-refractivity contribution in [2.45, 2.75) is 19.9 Å². The van der Waals surface area contributed by atoms with E-state index in [-0.39, 0.29) is 11.9 Å². The molecule has 0 fully saturated rings. The Bertz CT molecular complexity index is 312.